The van der Waals surface area contributed by atoms with Gasteiger partial charge in [0.25, 0.3) is 0 Å². The maximum atomic E-state index is 12.2. The predicted molar refractivity (Wildman–Crippen MR) is 87.4 cm³/mol. The first-order valence-electron chi connectivity index (χ1n) is 7.76. The van der Waals surface area contributed by atoms with Crippen molar-refractivity contribution in [1.82, 2.24) is 15.0 Å². The Bertz CT molecular complexity index is 687. The standard InChI is InChI=1S/C15H19F3N4OS/c1-22(14-12-2-4-19-13(12)20-9-21-14)11-6-10(7-11)8-24(23)5-3-15(16,17)18/h2,4,9-11H,3,5-8H2,1H3,(H,19,20,21)/t10-,11+,24?. The third-order valence-corrected chi connectivity index (χ3v) is 5.96. The van der Waals surface area contributed by atoms with Crippen LogP contribution in [-0.2, 0) is 11.2 Å². The van der Waals surface area contributed by atoms with Crippen LogP contribution in [0.5, 0.6) is 0 Å². The third kappa shape index (κ3) is 3.94. The third-order valence-electron chi connectivity index (χ3n) is 4.46. The Morgan fingerprint density at radius 2 is 2.12 bits per heavy atom. The molecule has 2 aromatic rings. The van der Waals surface area contributed by atoms with Gasteiger partial charge in [-0.2, -0.15) is 13.2 Å². The summed E-state index contributed by atoms with van der Waals surface area (Å²) in [6.07, 6.45) is -0.236. The number of nitrogens with one attached hydrogen (secondary N) is 1. The van der Waals surface area contributed by atoms with Crippen LogP contribution in [0.3, 0.4) is 0 Å². The number of alkyl halides is 3. The fourth-order valence-corrected chi connectivity index (χ4v) is 4.47. The Kier molecular flexibility index (Phi) is 4.91. The van der Waals surface area contributed by atoms with Crippen molar-refractivity contribution in [2.45, 2.75) is 31.5 Å². The van der Waals surface area contributed by atoms with Gasteiger partial charge in [-0.15, -0.1) is 0 Å². The van der Waals surface area contributed by atoms with E-state index in [0.29, 0.717) is 5.75 Å². The molecule has 0 amide bonds. The summed E-state index contributed by atoms with van der Waals surface area (Å²) in [5.74, 6) is 1.11. The number of nitrogens with zero attached hydrogens (tertiary/aromatic N) is 3. The van der Waals surface area contributed by atoms with Crippen molar-refractivity contribution in [2.24, 2.45) is 5.92 Å². The van der Waals surface area contributed by atoms with Crippen molar-refractivity contribution in [2.75, 3.05) is 23.5 Å². The molecule has 0 spiro atoms. The van der Waals surface area contributed by atoms with Gasteiger partial charge < -0.3 is 14.4 Å². The Labute approximate surface area is 140 Å². The quantitative estimate of drug-likeness (QED) is 0.805. The van der Waals surface area contributed by atoms with E-state index in [1.54, 1.807) is 0 Å². The van der Waals surface area contributed by atoms with E-state index in [4.69, 9.17) is 0 Å². The Balaban J connectivity index is 1.50. The van der Waals surface area contributed by atoms with E-state index >= 15 is 0 Å². The summed E-state index contributed by atoms with van der Waals surface area (Å²) >= 11 is -1.40. The molecule has 132 valence electrons. The lowest BCUT2D eigenvalue weighted by molar-refractivity contribution is -0.129. The Morgan fingerprint density at radius 3 is 2.83 bits per heavy atom. The second-order valence-corrected chi connectivity index (χ2v) is 7.84. The highest BCUT2D eigenvalue weighted by Crippen LogP contribution is 2.36. The molecule has 1 aliphatic rings. The molecule has 0 bridgehead atoms. The zero-order valence-corrected chi connectivity index (χ0v) is 14.0. The van der Waals surface area contributed by atoms with Crippen molar-refractivity contribution in [3.05, 3.63) is 18.6 Å². The minimum atomic E-state index is -4.23. The summed E-state index contributed by atoms with van der Waals surface area (Å²) in [6, 6.07) is 2.19. The molecule has 0 aliphatic heterocycles. The van der Waals surface area contributed by atoms with Gasteiger partial charge in [-0.05, 0) is 18.9 Å². The van der Waals surface area contributed by atoms with Gasteiger partial charge in [-0.3, -0.25) is 0 Å². The lowest BCUT2D eigenvalue weighted by Crippen LogP contribution is -2.45. The van der Waals surface area contributed by atoms with Gasteiger partial charge in [-0.1, -0.05) is 11.2 Å². The molecule has 1 aliphatic carbocycles. The number of H-pyrrole nitrogens is 1. The smallest absolute Gasteiger partial charge is 0.393 e. The van der Waals surface area contributed by atoms with Gasteiger partial charge in [0, 0.05) is 25.2 Å². The van der Waals surface area contributed by atoms with Crippen LogP contribution in [0.1, 0.15) is 19.3 Å². The van der Waals surface area contributed by atoms with E-state index in [-0.39, 0.29) is 17.7 Å². The number of halogens is 3. The van der Waals surface area contributed by atoms with Crippen molar-refractivity contribution >= 4 is 28.0 Å². The minimum Gasteiger partial charge on any atom is -0.616 e. The summed E-state index contributed by atoms with van der Waals surface area (Å²) in [5, 5.41) is 0.942. The molecule has 9 heteroatoms. The molecular weight excluding hydrogens is 341 g/mol. The molecule has 1 N–H and O–H groups in total. The molecule has 1 unspecified atom stereocenters. The zero-order valence-electron chi connectivity index (χ0n) is 13.2. The topological polar surface area (TPSA) is 67.9 Å². The van der Waals surface area contributed by atoms with Crippen LogP contribution < -0.4 is 4.90 Å². The van der Waals surface area contributed by atoms with E-state index in [1.807, 2.05) is 19.3 Å². The van der Waals surface area contributed by atoms with Crippen molar-refractivity contribution in [3.63, 3.8) is 0 Å². The molecular formula is C15H19F3N4OS. The fraction of sp³-hybridized carbons (Fsp3) is 0.600. The first-order valence-corrected chi connectivity index (χ1v) is 9.25. The number of aromatic amines is 1. The molecule has 0 saturated heterocycles. The molecule has 2 aromatic heterocycles. The van der Waals surface area contributed by atoms with Gasteiger partial charge in [0.1, 0.15) is 29.3 Å². The first kappa shape index (κ1) is 17.3. The molecule has 3 rings (SSSR count). The van der Waals surface area contributed by atoms with Gasteiger partial charge in [0.2, 0.25) is 0 Å². The maximum Gasteiger partial charge on any atom is 0.393 e. The number of aromatic nitrogens is 3. The average Bonchev–Trinajstić information content (AvgIpc) is 2.95. The normalized spacial score (nSPS) is 22.4. The van der Waals surface area contributed by atoms with Gasteiger partial charge in [0.15, 0.2) is 0 Å². The fourth-order valence-electron chi connectivity index (χ4n) is 3.04. The second-order valence-electron chi connectivity index (χ2n) is 6.22. The zero-order chi connectivity index (χ0) is 17.3. The Hall–Kier alpha value is -1.48. The summed E-state index contributed by atoms with van der Waals surface area (Å²) in [6.45, 7) is 0. The largest absolute Gasteiger partial charge is 0.616 e. The van der Waals surface area contributed by atoms with Crippen molar-refractivity contribution < 1.29 is 17.7 Å². The highest BCUT2D eigenvalue weighted by molar-refractivity contribution is 7.91. The number of hydrogen-bond acceptors (Lipinski definition) is 4. The van der Waals surface area contributed by atoms with E-state index in [9.17, 15) is 17.7 Å². The number of fused-ring (bicyclic) bond motifs is 1. The van der Waals surface area contributed by atoms with E-state index in [1.165, 1.54) is 6.33 Å². The molecule has 1 saturated carbocycles. The summed E-state index contributed by atoms with van der Waals surface area (Å²) in [4.78, 5) is 13.6. The summed E-state index contributed by atoms with van der Waals surface area (Å²) < 4.78 is 48.2. The van der Waals surface area contributed by atoms with Crippen LogP contribution in [0.2, 0.25) is 0 Å². The van der Waals surface area contributed by atoms with Crippen LogP contribution >= 0.6 is 0 Å². The first-order chi connectivity index (χ1) is 11.3. The summed E-state index contributed by atoms with van der Waals surface area (Å²) in [5.41, 5.74) is 0.774. The molecule has 2 heterocycles. The number of anilines is 1. The lowest BCUT2D eigenvalue weighted by Gasteiger charge is -2.41. The molecule has 5 nitrogen and oxygen atoms in total. The van der Waals surface area contributed by atoms with Gasteiger partial charge in [-0.25, -0.2) is 9.97 Å². The van der Waals surface area contributed by atoms with E-state index in [0.717, 1.165) is 29.7 Å². The molecule has 1 atom stereocenters. The van der Waals surface area contributed by atoms with Crippen molar-refractivity contribution in [3.8, 4) is 0 Å². The number of rotatable bonds is 6. The monoisotopic (exact) mass is 360 g/mol. The SMILES string of the molecule is CN(c1ncnc2[nH]ccc12)[C@H]1C[C@@H](C[S+]([O-])CCC(F)(F)F)C1. The van der Waals surface area contributed by atoms with E-state index in [2.05, 4.69) is 19.9 Å². The Morgan fingerprint density at radius 1 is 1.38 bits per heavy atom. The van der Waals surface area contributed by atoms with Crippen LogP contribution in [-0.4, -0.2) is 50.3 Å². The van der Waals surface area contributed by atoms with Crippen molar-refractivity contribution in [1.29, 1.82) is 0 Å². The summed E-state index contributed by atoms with van der Waals surface area (Å²) in [7, 11) is 1.95. The minimum absolute atomic E-state index is 0.218. The molecule has 1 fully saturated rings. The van der Waals surface area contributed by atoms with Crippen LogP contribution in [0, 0.1) is 5.92 Å². The molecule has 24 heavy (non-hydrogen) atoms. The highest BCUT2D eigenvalue weighted by Gasteiger charge is 2.37. The lowest BCUT2D eigenvalue weighted by atomic mass is 9.81. The van der Waals surface area contributed by atoms with Gasteiger partial charge >= 0.3 is 6.18 Å². The maximum absolute atomic E-state index is 12.2. The highest BCUT2D eigenvalue weighted by atomic mass is 32.2. The second kappa shape index (κ2) is 6.79. The molecule has 0 radical (unpaired) electrons. The van der Waals surface area contributed by atoms with Gasteiger partial charge in [0.05, 0.1) is 11.8 Å². The predicted octanol–water partition coefficient (Wildman–Crippen LogP) is 2.87. The molecule has 0 aromatic carbocycles. The van der Waals surface area contributed by atoms with Crippen LogP contribution in [0.4, 0.5) is 19.0 Å². The number of hydrogen-bond donors (Lipinski definition) is 1. The van der Waals surface area contributed by atoms with Crippen LogP contribution in [0.25, 0.3) is 11.0 Å². The van der Waals surface area contributed by atoms with E-state index < -0.39 is 23.8 Å². The average molecular weight is 360 g/mol. The van der Waals surface area contributed by atoms with Crippen LogP contribution in [0.15, 0.2) is 18.6 Å².